The number of fused-ring (bicyclic) bond motifs is 3. The van der Waals surface area contributed by atoms with Crippen LogP contribution in [0.3, 0.4) is 0 Å². The molecule has 0 amide bonds. The number of halogens is 2. The van der Waals surface area contributed by atoms with E-state index in [1.807, 2.05) is 12.1 Å². The minimum Gasteiger partial charge on any atom is -0.491 e. The number of unbranched alkanes of at least 4 members (excludes halogenated alkanes) is 43. The SMILES string of the molecule is CCCCCCCCCCCCCCCCCCOC(CCCCCCCCCCCCCCCC)(COCCC(C)Oc1ccc2c(c1)C(Br)(c1ccc(Cl)cc1)c1ccccc1-2)OCCCCCCCCCCCCCCCCCC. The predicted octanol–water partition coefficient (Wildman–Crippen LogP) is 26.3. The van der Waals surface area contributed by atoms with Gasteiger partial charge in [0.05, 0.1) is 25.9 Å². The maximum absolute atomic E-state index is 7.04. The Morgan fingerprint density at radius 1 is 0.410 bits per heavy atom. The quantitative estimate of drug-likeness (QED) is 0.0321. The van der Waals surface area contributed by atoms with Crippen LogP contribution in [0, 0.1) is 0 Å². The van der Waals surface area contributed by atoms with E-state index in [4.69, 9.17) is 30.5 Å². The van der Waals surface area contributed by atoms with Crippen LogP contribution in [-0.2, 0) is 18.5 Å². The van der Waals surface area contributed by atoms with Gasteiger partial charge in [0, 0.05) is 17.9 Å². The lowest BCUT2D eigenvalue weighted by Crippen LogP contribution is -2.42. The van der Waals surface area contributed by atoms with Crippen molar-refractivity contribution in [2.45, 2.75) is 352 Å². The fourth-order valence-electron chi connectivity index (χ4n) is 12.8. The topological polar surface area (TPSA) is 36.9 Å². The minimum atomic E-state index is -0.706. The van der Waals surface area contributed by atoms with Crippen LogP contribution in [0.5, 0.6) is 5.75 Å². The highest BCUT2D eigenvalue weighted by Gasteiger charge is 2.43. The molecular formula is C77H128BrClO4. The molecule has 0 saturated carbocycles. The van der Waals surface area contributed by atoms with Gasteiger partial charge in [-0.15, -0.1) is 0 Å². The van der Waals surface area contributed by atoms with E-state index in [-0.39, 0.29) is 6.10 Å². The van der Waals surface area contributed by atoms with Gasteiger partial charge in [-0.25, -0.2) is 0 Å². The Morgan fingerprint density at radius 3 is 1.18 bits per heavy atom. The molecule has 474 valence electrons. The molecule has 1 aliphatic carbocycles. The lowest BCUT2D eigenvalue weighted by molar-refractivity contribution is -0.266. The number of alkyl halides is 1. The third kappa shape index (κ3) is 32.2. The highest BCUT2D eigenvalue weighted by molar-refractivity contribution is 9.10. The molecule has 0 N–H and O–H groups in total. The molecule has 0 aliphatic heterocycles. The molecule has 83 heavy (non-hydrogen) atoms. The van der Waals surface area contributed by atoms with Gasteiger partial charge in [-0.05, 0) is 78.3 Å². The third-order valence-corrected chi connectivity index (χ3v) is 19.7. The lowest BCUT2D eigenvalue weighted by Gasteiger charge is -2.34. The second-order valence-electron chi connectivity index (χ2n) is 25.7. The van der Waals surface area contributed by atoms with Gasteiger partial charge in [-0.3, -0.25) is 0 Å². The first kappa shape index (κ1) is 73.6. The first-order valence-corrected chi connectivity index (χ1v) is 37.3. The normalized spacial score (nSPS) is 14.4. The van der Waals surface area contributed by atoms with Gasteiger partial charge in [-0.2, -0.15) is 0 Å². The van der Waals surface area contributed by atoms with Gasteiger partial charge in [0.25, 0.3) is 0 Å². The molecule has 0 heterocycles. The van der Waals surface area contributed by atoms with Crippen molar-refractivity contribution in [2.24, 2.45) is 0 Å². The van der Waals surface area contributed by atoms with Crippen LogP contribution in [0.4, 0.5) is 0 Å². The van der Waals surface area contributed by atoms with Crippen LogP contribution in [0.15, 0.2) is 66.7 Å². The average Bonchev–Trinajstić information content (AvgIpc) is 3.07. The molecule has 6 heteroatoms. The van der Waals surface area contributed by atoms with Crippen LogP contribution in [0.2, 0.25) is 5.02 Å². The number of hydrogen-bond acceptors (Lipinski definition) is 4. The summed E-state index contributed by atoms with van der Waals surface area (Å²) in [6.45, 7) is 11.7. The van der Waals surface area contributed by atoms with Crippen molar-refractivity contribution >= 4 is 27.5 Å². The van der Waals surface area contributed by atoms with Gasteiger partial charge in [0.15, 0.2) is 5.79 Å². The van der Waals surface area contributed by atoms with Gasteiger partial charge in [0.1, 0.15) is 16.7 Å². The summed E-state index contributed by atoms with van der Waals surface area (Å²) in [6.07, 6.45) is 64.5. The van der Waals surface area contributed by atoms with Crippen LogP contribution >= 0.6 is 27.5 Å². The summed E-state index contributed by atoms with van der Waals surface area (Å²) in [7, 11) is 0. The highest BCUT2D eigenvalue weighted by Crippen LogP contribution is 2.57. The van der Waals surface area contributed by atoms with Crippen molar-refractivity contribution in [3.63, 3.8) is 0 Å². The predicted molar refractivity (Wildman–Crippen MR) is 366 cm³/mol. The van der Waals surface area contributed by atoms with E-state index < -0.39 is 10.1 Å². The van der Waals surface area contributed by atoms with Crippen LogP contribution in [0.25, 0.3) is 11.1 Å². The largest absolute Gasteiger partial charge is 0.491 e. The average molecular weight is 1230 g/mol. The third-order valence-electron chi connectivity index (χ3n) is 18.2. The molecule has 3 aromatic carbocycles. The summed E-state index contributed by atoms with van der Waals surface area (Å²) in [5, 5.41) is 0.737. The zero-order chi connectivity index (χ0) is 59.0. The Balaban J connectivity index is 1.29. The molecule has 0 saturated heterocycles. The molecule has 0 aromatic heterocycles. The molecule has 2 atom stereocenters. The number of ether oxygens (including phenoxy) is 4. The maximum Gasteiger partial charge on any atom is 0.191 e. The zero-order valence-corrected chi connectivity index (χ0v) is 56.9. The van der Waals surface area contributed by atoms with Crippen molar-refractivity contribution in [1.29, 1.82) is 0 Å². The Labute approximate surface area is 527 Å². The molecule has 4 nitrogen and oxygen atoms in total. The van der Waals surface area contributed by atoms with Crippen LogP contribution in [0.1, 0.15) is 353 Å². The van der Waals surface area contributed by atoms with E-state index in [1.165, 1.54) is 298 Å². The first-order valence-electron chi connectivity index (χ1n) is 36.1. The summed E-state index contributed by atoms with van der Waals surface area (Å²) in [5.74, 6) is 0.167. The maximum atomic E-state index is 7.04. The summed E-state index contributed by atoms with van der Waals surface area (Å²) < 4.78 is 27.0. The van der Waals surface area contributed by atoms with Crippen molar-refractivity contribution in [3.8, 4) is 16.9 Å². The van der Waals surface area contributed by atoms with Crippen molar-refractivity contribution < 1.29 is 18.9 Å². The van der Waals surface area contributed by atoms with Crippen LogP contribution < -0.4 is 4.74 Å². The monoisotopic (exact) mass is 1230 g/mol. The molecule has 2 unspecified atom stereocenters. The number of benzene rings is 3. The molecule has 3 aromatic rings. The van der Waals surface area contributed by atoms with Gasteiger partial charge >= 0.3 is 0 Å². The number of rotatable bonds is 59. The first-order chi connectivity index (χ1) is 40.9. The van der Waals surface area contributed by atoms with Gasteiger partial charge < -0.3 is 18.9 Å². The molecule has 4 rings (SSSR count). The number of hydrogen-bond donors (Lipinski definition) is 0. The molecule has 0 bridgehead atoms. The fraction of sp³-hybridized carbons (Fsp3) is 0.766. The standard InChI is InChI=1S/C77H128BrClO4/c1-5-8-11-14-17-20-23-26-29-31-34-37-40-43-46-51-63-81-76(62-50-45-42-39-36-33-28-25-22-19-16-13-10-7-3,82-64-52-47-44-41-38-35-32-30-27-24-21-18-15-12-9-6-2)67-80-65-61-68(4)83-71-59-60-73-72-53-48-49-54-74(72)77(78,75(73)66-71)69-55-57-70(79)58-56-69/h48-49,53-60,66,68H,5-47,50-52,61-65,67H2,1-4H3. The second-order valence-corrected chi connectivity index (χ2v) is 27.4. The zero-order valence-electron chi connectivity index (χ0n) is 54.6. The Hall–Kier alpha value is -1.89. The lowest BCUT2D eigenvalue weighted by atomic mass is 9.89. The smallest absolute Gasteiger partial charge is 0.191 e. The van der Waals surface area contributed by atoms with E-state index in [0.29, 0.717) is 13.2 Å². The van der Waals surface area contributed by atoms with Crippen molar-refractivity contribution in [2.75, 3.05) is 26.4 Å². The molecular weight excluding hydrogens is 1100 g/mol. The molecule has 0 fully saturated rings. The summed E-state index contributed by atoms with van der Waals surface area (Å²) in [4.78, 5) is 0. The van der Waals surface area contributed by atoms with E-state index in [9.17, 15) is 0 Å². The molecule has 0 spiro atoms. The summed E-state index contributed by atoms with van der Waals surface area (Å²) in [5.41, 5.74) is 6.05. The van der Waals surface area contributed by atoms with Crippen molar-refractivity contribution in [3.05, 3.63) is 88.4 Å². The van der Waals surface area contributed by atoms with Crippen molar-refractivity contribution in [1.82, 2.24) is 0 Å². The van der Waals surface area contributed by atoms with E-state index in [0.717, 1.165) is 61.7 Å². The summed E-state index contributed by atoms with van der Waals surface area (Å²) in [6, 6.07) is 23.5. The van der Waals surface area contributed by atoms with Gasteiger partial charge in [0.2, 0.25) is 0 Å². The molecule has 0 radical (unpaired) electrons. The second kappa shape index (κ2) is 49.0. The van der Waals surface area contributed by atoms with Crippen LogP contribution in [-0.4, -0.2) is 38.3 Å². The van der Waals surface area contributed by atoms with E-state index >= 15 is 0 Å². The Kier molecular flexibility index (Phi) is 43.5. The van der Waals surface area contributed by atoms with Gasteiger partial charge in [-0.1, -0.05) is 367 Å². The molecule has 1 aliphatic rings. The Morgan fingerprint density at radius 2 is 0.771 bits per heavy atom. The van der Waals surface area contributed by atoms with E-state index in [2.05, 4.69) is 98.2 Å². The Bertz CT molecular complexity index is 1910. The minimum absolute atomic E-state index is 0.0330. The fourth-order valence-corrected chi connectivity index (χ4v) is 13.8. The highest BCUT2D eigenvalue weighted by atomic mass is 79.9. The van der Waals surface area contributed by atoms with E-state index in [1.54, 1.807) is 0 Å². The summed E-state index contributed by atoms with van der Waals surface area (Å²) >= 11 is 10.7.